The van der Waals surface area contributed by atoms with Crippen molar-refractivity contribution in [2.75, 3.05) is 34.2 Å². The Hall–Kier alpha value is -3.37. The van der Waals surface area contributed by atoms with Crippen molar-refractivity contribution >= 4 is 17.7 Å². The zero-order valence-electron chi connectivity index (χ0n) is 27.6. The Bertz CT molecular complexity index is 1140. The van der Waals surface area contributed by atoms with Gasteiger partial charge in [0.05, 0.1) is 18.1 Å². The molecule has 0 spiro atoms. The second kappa shape index (κ2) is 19.9. The number of aliphatic hydroxyl groups excluding tert-OH is 2. The Morgan fingerprint density at radius 1 is 0.978 bits per heavy atom. The number of nitrogens with zero attached hydrogens (tertiary/aromatic N) is 2. The first-order valence-corrected chi connectivity index (χ1v) is 16.3. The van der Waals surface area contributed by atoms with Crippen molar-refractivity contribution in [2.24, 2.45) is 17.8 Å². The highest BCUT2D eigenvalue weighted by atomic mass is 16.3. The number of carbonyl (C=O) groups excluding carboxylic acids is 3. The smallest absolute Gasteiger partial charge is 0.244 e. The summed E-state index contributed by atoms with van der Waals surface area (Å²) in [5.41, 5.74) is 0.893. The van der Waals surface area contributed by atoms with Gasteiger partial charge in [-0.3, -0.25) is 14.4 Å². The number of nitrogens with one attached hydrogen (secondary N) is 2. The molecule has 0 heterocycles. The number of hydrogen-bond acceptors (Lipinski definition) is 6. The van der Waals surface area contributed by atoms with E-state index in [1.807, 2.05) is 56.3 Å². The van der Waals surface area contributed by atoms with Crippen LogP contribution in [0.4, 0.5) is 0 Å². The molecule has 1 aliphatic carbocycles. The first-order chi connectivity index (χ1) is 21.5. The Labute approximate surface area is 270 Å². The first kappa shape index (κ1) is 37.8. The van der Waals surface area contributed by atoms with Crippen LogP contribution in [-0.4, -0.2) is 96.3 Å². The summed E-state index contributed by atoms with van der Waals surface area (Å²) < 4.78 is 0. The molecule has 0 aromatic heterocycles. The third kappa shape index (κ3) is 12.9. The lowest BCUT2D eigenvalue weighted by molar-refractivity contribution is -0.137. The van der Waals surface area contributed by atoms with Crippen LogP contribution in [-0.2, 0) is 20.8 Å². The third-order valence-electron chi connectivity index (χ3n) is 8.83. The molecule has 0 radical (unpaired) electrons. The second-order valence-electron chi connectivity index (χ2n) is 12.7. The number of amides is 3. The maximum atomic E-state index is 13.9. The monoisotopic (exact) mass is 622 g/mol. The maximum absolute atomic E-state index is 13.9. The number of carbonyl (C=O) groups is 3. The molecule has 9 nitrogen and oxygen atoms in total. The van der Waals surface area contributed by atoms with Gasteiger partial charge in [-0.25, -0.2) is 0 Å². The highest BCUT2D eigenvalue weighted by molar-refractivity contribution is 5.91. The van der Waals surface area contributed by atoms with Crippen molar-refractivity contribution in [2.45, 2.75) is 95.4 Å². The summed E-state index contributed by atoms with van der Waals surface area (Å²) in [5.74, 6) is 2.78. The summed E-state index contributed by atoms with van der Waals surface area (Å²) in [5, 5.41) is 27.4. The topological polar surface area (TPSA) is 122 Å². The molecule has 1 aromatic carbocycles. The van der Waals surface area contributed by atoms with E-state index < -0.39 is 47.9 Å². The van der Waals surface area contributed by atoms with Gasteiger partial charge in [0.2, 0.25) is 17.7 Å². The van der Waals surface area contributed by atoms with Crippen molar-refractivity contribution in [1.82, 2.24) is 20.4 Å². The fourth-order valence-corrected chi connectivity index (χ4v) is 5.92. The number of rotatable bonds is 18. The minimum Gasteiger partial charge on any atom is -0.389 e. The van der Waals surface area contributed by atoms with E-state index in [0.717, 1.165) is 37.7 Å². The van der Waals surface area contributed by atoms with Gasteiger partial charge in [0.1, 0.15) is 12.1 Å². The van der Waals surface area contributed by atoms with E-state index in [9.17, 15) is 24.6 Å². The van der Waals surface area contributed by atoms with Crippen LogP contribution in [0.15, 0.2) is 30.3 Å². The largest absolute Gasteiger partial charge is 0.389 e. The molecule has 4 N–H and O–H groups in total. The molecule has 3 amide bonds. The van der Waals surface area contributed by atoms with E-state index >= 15 is 0 Å². The zero-order valence-corrected chi connectivity index (χ0v) is 27.6. The van der Waals surface area contributed by atoms with Gasteiger partial charge in [-0.05, 0) is 44.8 Å². The molecule has 248 valence electrons. The summed E-state index contributed by atoms with van der Waals surface area (Å²) in [6.45, 7) is 3.04. The predicted molar refractivity (Wildman–Crippen MR) is 178 cm³/mol. The first-order valence-electron chi connectivity index (χ1n) is 16.3. The zero-order chi connectivity index (χ0) is 33.4. The lowest BCUT2D eigenvalue weighted by Crippen LogP contribution is -2.57. The minimum absolute atomic E-state index is 0.0346. The Kier molecular flexibility index (Phi) is 16.7. The summed E-state index contributed by atoms with van der Waals surface area (Å²) in [6.07, 6.45) is 15.1. The Balaban J connectivity index is 2.31. The van der Waals surface area contributed by atoms with E-state index in [0.29, 0.717) is 32.4 Å². The number of benzene rings is 1. The third-order valence-corrected chi connectivity index (χ3v) is 8.83. The Morgan fingerprint density at radius 3 is 2.22 bits per heavy atom. The van der Waals surface area contributed by atoms with Crippen LogP contribution in [0.2, 0.25) is 0 Å². The van der Waals surface area contributed by atoms with Crippen LogP contribution in [0, 0.1) is 42.4 Å². The molecule has 1 fully saturated rings. The number of aliphatic hydroxyl groups is 2. The van der Waals surface area contributed by atoms with Crippen molar-refractivity contribution < 1.29 is 24.6 Å². The molecule has 0 saturated heterocycles. The second-order valence-corrected chi connectivity index (χ2v) is 12.7. The lowest BCUT2D eigenvalue weighted by atomic mass is 9.82. The van der Waals surface area contributed by atoms with Gasteiger partial charge in [-0.2, -0.15) is 0 Å². The fraction of sp³-hybridized carbons (Fsp3) is 0.639. The normalized spacial score (nSPS) is 17.5. The quantitative estimate of drug-likeness (QED) is 0.187. The molecule has 9 heteroatoms. The average Bonchev–Trinajstić information content (AvgIpc) is 3.03. The van der Waals surface area contributed by atoms with Crippen molar-refractivity contribution in [3.63, 3.8) is 0 Å². The maximum Gasteiger partial charge on any atom is 0.244 e. The van der Waals surface area contributed by atoms with E-state index in [1.54, 1.807) is 11.9 Å². The molecule has 1 aliphatic rings. The van der Waals surface area contributed by atoms with Crippen LogP contribution in [0.1, 0.15) is 70.3 Å². The summed E-state index contributed by atoms with van der Waals surface area (Å²) in [4.78, 5) is 44.6. The Morgan fingerprint density at radius 2 is 1.64 bits per heavy atom. The van der Waals surface area contributed by atoms with Gasteiger partial charge in [0.25, 0.3) is 0 Å². The van der Waals surface area contributed by atoms with E-state index in [1.165, 1.54) is 0 Å². The van der Waals surface area contributed by atoms with Crippen LogP contribution in [0.3, 0.4) is 0 Å². The van der Waals surface area contributed by atoms with Gasteiger partial charge in [0.15, 0.2) is 0 Å². The van der Waals surface area contributed by atoms with Crippen molar-refractivity contribution in [3.05, 3.63) is 35.9 Å². The molecule has 6 unspecified atom stereocenters. The highest BCUT2D eigenvalue weighted by Crippen LogP contribution is 2.29. The average molecular weight is 623 g/mol. The number of terminal acetylenes is 2. The molecule has 0 bridgehead atoms. The highest BCUT2D eigenvalue weighted by Gasteiger charge is 2.36. The summed E-state index contributed by atoms with van der Waals surface area (Å²) in [6, 6.07) is 7.58. The number of likely N-dealkylation sites (N-methyl/N-ethyl adjacent to an activating group) is 2. The molecular weight excluding hydrogens is 568 g/mol. The summed E-state index contributed by atoms with van der Waals surface area (Å²) in [7, 11) is 5.58. The van der Waals surface area contributed by atoms with Crippen molar-refractivity contribution in [3.8, 4) is 24.7 Å². The molecule has 1 aromatic rings. The standard InChI is InChI=1S/C36H54N4O5/c1-7-16-31(41)34(43)30(24-27-19-14-11-15-20-27)37-36(45)33(28(8-2)9-3)38-35(44)29(23-26-17-12-10-13-18-26)25-32(42)40(6)22-21-39(4)5/h1-2,10,12-13,17-18,27-31,33-34,41,43H,9,11,14-16,19-25H2,3-6H3,(H,37,45)(H,38,44). The van der Waals surface area contributed by atoms with Gasteiger partial charge >= 0.3 is 0 Å². The molecule has 0 aliphatic heterocycles. The van der Waals surface area contributed by atoms with Crippen molar-refractivity contribution in [1.29, 1.82) is 0 Å². The SMILES string of the molecule is C#CCC(O)C(O)C(CC1CCCCC1)NC(=O)C(NC(=O)C(CC(=O)N(C)CCN(C)C)Cc1ccccc1)C(C#C)CC. The van der Waals surface area contributed by atoms with Crippen LogP contribution in [0.25, 0.3) is 0 Å². The van der Waals surface area contributed by atoms with E-state index in [4.69, 9.17) is 12.8 Å². The molecule has 2 rings (SSSR count). The van der Waals surface area contributed by atoms with Gasteiger partial charge in [-0.1, -0.05) is 69.4 Å². The molecular formula is C36H54N4O5. The molecule has 1 saturated carbocycles. The predicted octanol–water partition coefficient (Wildman–Crippen LogP) is 2.60. The lowest BCUT2D eigenvalue weighted by Gasteiger charge is -2.34. The fourth-order valence-electron chi connectivity index (χ4n) is 5.92. The van der Waals surface area contributed by atoms with Crippen LogP contribution in [0.5, 0.6) is 0 Å². The van der Waals surface area contributed by atoms with Crippen LogP contribution >= 0.6 is 0 Å². The number of hydrogen-bond donors (Lipinski definition) is 4. The molecule has 6 atom stereocenters. The van der Waals surface area contributed by atoms with Crippen LogP contribution < -0.4 is 10.6 Å². The summed E-state index contributed by atoms with van der Waals surface area (Å²) >= 11 is 0. The van der Waals surface area contributed by atoms with E-state index in [-0.39, 0.29) is 24.7 Å². The minimum atomic E-state index is -1.28. The molecule has 45 heavy (non-hydrogen) atoms. The van der Waals surface area contributed by atoms with Gasteiger partial charge in [0, 0.05) is 38.9 Å². The van der Waals surface area contributed by atoms with Gasteiger partial charge in [-0.15, -0.1) is 24.7 Å². The van der Waals surface area contributed by atoms with E-state index in [2.05, 4.69) is 22.5 Å². The van der Waals surface area contributed by atoms with Gasteiger partial charge < -0.3 is 30.6 Å².